The van der Waals surface area contributed by atoms with E-state index in [4.69, 9.17) is 0 Å². The number of amides is 2. The highest BCUT2D eigenvalue weighted by Gasteiger charge is 2.48. The number of urea groups is 1. The molecule has 3 aliphatic carbocycles. The van der Waals surface area contributed by atoms with Crippen molar-refractivity contribution in [3.05, 3.63) is 0 Å². The SMILES string of the molecule is N#CC1(CC(=O)[C@H](CC(F)(F)CC2CC2)NC(=O)N2CCC3(CCC3)CC2)CC1. The average molecular weight is 408 g/mol. The fraction of sp³-hybridized carbons (Fsp3) is 0.864. The van der Waals surface area contributed by atoms with Gasteiger partial charge in [0, 0.05) is 32.4 Å². The van der Waals surface area contributed by atoms with E-state index in [2.05, 4.69) is 11.4 Å². The van der Waals surface area contributed by atoms with Crippen molar-refractivity contribution in [1.82, 2.24) is 10.2 Å². The van der Waals surface area contributed by atoms with E-state index in [9.17, 15) is 23.6 Å². The van der Waals surface area contributed by atoms with Crippen molar-refractivity contribution < 1.29 is 18.4 Å². The molecular formula is C22H31F2N3O2. The molecule has 160 valence electrons. The first-order chi connectivity index (χ1) is 13.7. The zero-order chi connectivity index (χ0) is 20.7. The van der Waals surface area contributed by atoms with Crippen LogP contribution in [0.3, 0.4) is 0 Å². The van der Waals surface area contributed by atoms with E-state index in [-0.39, 0.29) is 18.8 Å². The second-order valence-electron chi connectivity index (χ2n) is 10.1. The van der Waals surface area contributed by atoms with Crippen LogP contribution in [0.5, 0.6) is 0 Å². The summed E-state index contributed by atoms with van der Waals surface area (Å²) in [6.07, 6.45) is 7.54. The maximum absolute atomic E-state index is 14.5. The van der Waals surface area contributed by atoms with Gasteiger partial charge in [0.05, 0.1) is 17.5 Å². The van der Waals surface area contributed by atoms with Gasteiger partial charge in [-0.2, -0.15) is 5.26 Å². The molecule has 1 N–H and O–H groups in total. The van der Waals surface area contributed by atoms with Gasteiger partial charge in [0.15, 0.2) is 5.78 Å². The van der Waals surface area contributed by atoms with E-state index in [1.54, 1.807) is 4.90 Å². The fourth-order valence-electron chi connectivity index (χ4n) is 4.91. The molecule has 3 saturated carbocycles. The number of nitrogens with zero attached hydrogens (tertiary/aromatic N) is 2. The fourth-order valence-corrected chi connectivity index (χ4v) is 4.91. The van der Waals surface area contributed by atoms with Crippen molar-refractivity contribution in [3.63, 3.8) is 0 Å². The Morgan fingerprint density at radius 1 is 1.14 bits per heavy atom. The van der Waals surface area contributed by atoms with Crippen molar-refractivity contribution in [2.24, 2.45) is 16.7 Å². The third-order valence-corrected chi connectivity index (χ3v) is 7.60. The molecule has 0 aromatic carbocycles. The molecule has 1 saturated heterocycles. The molecule has 4 fully saturated rings. The minimum Gasteiger partial charge on any atom is -0.328 e. The first-order valence-electron chi connectivity index (χ1n) is 11.1. The monoisotopic (exact) mass is 407 g/mol. The van der Waals surface area contributed by atoms with Crippen LogP contribution in [-0.2, 0) is 4.79 Å². The van der Waals surface area contributed by atoms with E-state index in [1.807, 2.05) is 0 Å². The van der Waals surface area contributed by atoms with Crippen LogP contribution < -0.4 is 5.32 Å². The number of carbonyl (C=O) groups excluding carboxylic acids is 2. The van der Waals surface area contributed by atoms with Gasteiger partial charge in [-0.3, -0.25) is 4.79 Å². The van der Waals surface area contributed by atoms with Crippen molar-refractivity contribution in [2.75, 3.05) is 13.1 Å². The van der Waals surface area contributed by atoms with Gasteiger partial charge in [0.1, 0.15) is 0 Å². The van der Waals surface area contributed by atoms with E-state index in [1.165, 1.54) is 19.3 Å². The van der Waals surface area contributed by atoms with Crippen molar-refractivity contribution in [3.8, 4) is 6.07 Å². The lowest BCUT2D eigenvalue weighted by molar-refractivity contribution is -0.124. The number of alkyl halides is 2. The number of ketones is 1. The molecule has 0 radical (unpaired) electrons. The summed E-state index contributed by atoms with van der Waals surface area (Å²) in [7, 11) is 0. The Bertz CT molecular complexity index is 695. The van der Waals surface area contributed by atoms with Crippen LogP contribution in [0, 0.1) is 28.1 Å². The Labute approximate surface area is 171 Å². The number of Topliss-reactive ketones (excluding diaryl/α,β-unsaturated/α-hetero) is 1. The largest absolute Gasteiger partial charge is 0.328 e. The Hall–Kier alpha value is -1.71. The predicted octanol–water partition coefficient (Wildman–Crippen LogP) is 4.42. The quantitative estimate of drug-likeness (QED) is 0.647. The standard InChI is InChI=1S/C22H31F2N3O2/c23-22(24,12-16-2-3-16)13-17(18(28)14-21(15-25)6-7-21)26-19(29)27-10-8-20(9-11-27)4-1-5-20/h16-17H,1-14H2,(H,26,29)/t17-/m0/s1. The van der Waals surface area contributed by atoms with Crippen molar-refractivity contribution >= 4 is 11.8 Å². The first kappa shape index (κ1) is 20.6. The van der Waals surface area contributed by atoms with Crippen molar-refractivity contribution in [2.45, 2.75) is 89.0 Å². The van der Waals surface area contributed by atoms with E-state index in [0.717, 1.165) is 25.7 Å². The molecule has 29 heavy (non-hydrogen) atoms. The molecule has 0 bridgehead atoms. The maximum Gasteiger partial charge on any atom is 0.317 e. The molecular weight excluding hydrogens is 376 g/mol. The third-order valence-electron chi connectivity index (χ3n) is 7.60. The van der Waals surface area contributed by atoms with Crippen LogP contribution in [0.1, 0.15) is 77.0 Å². The van der Waals surface area contributed by atoms with Gasteiger partial charge < -0.3 is 10.2 Å². The molecule has 2 amide bonds. The van der Waals surface area contributed by atoms with Crippen LogP contribution in [0.2, 0.25) is 0 Å². The number of halogens is 2. The summed E-state index contributed by atoms with van der Waals surface area (Å²) in [6, 6.07) is 0.514. The molecule has 1 spiro atoms. The van der Waals surface area contributed by atoms with Crippen LogP contribution in [0.25, 0.3) is 0 Å². The van der Waals surface area contributed by atoms with Gasteiger partial charge in [0.25, 0.3) is 5.92 Å². The maximum atomic E-state index is 14.5. The average Bonchev–Trinajstić information content (AvgIpc) is 3.57. The second kappa shape index (κ2) is 7.52. The van der Waals surface area contributed by atoms with Gasteiger partial charge in [-0.25, -0.2) is 13.6 Å². The summed E-state index contributed by atoms with van der Waals surface area (Å²) in [4.78, 5) is 27.2. The summed E-state index contributed by atoms with van der Waals surface area (Å²) in [6.45, 7) is 1.24. The summed E-state index contributed by atoms with van der Waals surface area (Å²) in [5, 5.41) is 11.9. The molecule has 1 heterocycles. The zero-order valence-corrected chi connectivity index (χ0v) is 17.0. The number of rotatable bonds is 8. The van der Waals surface area contributed by atoms with Gasteiger partial charge in [-0.05, 0) is 62.7 Å². The number of carbonyl (C=O) groups is 2. The molecule has 4 rings (SSSR count). The number of nitrogens with one attached hydrogen (secondary N) is 1. The topological polar surface area (TPSA) is 73.2 Å². The highest BCUT2D eigenvalue weighted by atomic mass is 19.3. The smallest absolute Gasteiger partial charge is 0.317 e. The van der Waals surface area contributed by atoms with Gasteiger partial charge >= 0.3 is 6.03 Å². The minimum absolute atomic E-state index is 0.0334. The predicted molar refractivity (Wildman–Crippen MR) is 103 cm³/mol. The number of likely N-dealkylation sites (tertiary alicyclic amines) is 1. The molecule has 7 heteroatoms. The van der Waals surface area contributed by atoms with Crippen LogP contribution >= 0.6 is 0 Å². The highest BCUT2D eigenvalue weighted by molar-refractivity contribution is 5.89. The lowest BCUT2D eigenvalue weighted by Gasteiger charge is -2.48. The Balaban J connectivity index is 1.37. The molecule has 5 nitrogen and oxygen atoms in total. The number of hydrogen-bond donors (Lipinski definition) is 1. The van der Waals surface area contributed by atoms with Crippen LogP contribution in [0.15, 0.2) is 0 Å². The first-order valence-corrected chi connectivity index (χ1v) is 11.1. The Morgan fingerprint density at radius 3 is 2.28 bits per heavy atom. The highest BCUT2D eigenvalue weighted by Crippen LogP contribution is 2.50. The normalized spacial score (nSPS) is 25.6. The number of hydrogen-bond acceptors (Lipinski definition) is 3. The number of piperidine rings is 1. The lowest BCUT2D eigenvalue weighted by Crippen LogP contribution is -2.53. The van der Waals surface area contributed by atoms with Crippen molar-refractivity contribution in [1.29, 1.82) is 5.26 Å². The summed E-state index contributed by atoms with van der Waals surface area (Å²) in [5.41, 5.74) is -0.317. The number of nitriles is 1. The molecule has 0 unspecified atom stereocenters. The molecule has 1 aliphatic heterocycles. The van der Waals surface area contributed by atoms with Gasteiger partial charge in [-0.15, -0.1) is 0 Å². The van der Waals surface area contributed by atoms with Gasteiger partial charge in [-0.1, -0.05) is 6.42 Å². The second-order valence-corrected chi connectivity index (χ2v) is 10.1. The third kappa shape index (κ3) is 4.90. The van der Waals surface area contributed by atoms with E-state index >= 15 is 0 Å². The van der Waals surface area contributed by atoms with Gasteiger partial charge in [0.2, 0.25) is 0 Å². The van der Waals surface area contributed by atoms with E-state index in [0.29, 0.717) is 31.3 Å². The lowest BCUT2D eigenvalue weighted by atomic mass is 9.63. The Kier molecular flexibility index (Phi) is 5.33. The Morgan fingerprint density at radius 2 is 1.79 bits per heavy atom. The van der Waals surface area contributed by atoms with E-state index < -0.39 is 35.6 Å². The summed E-state index contributed by atoms with van der Waals surface area (Å²) in [5.74, 6) is -3.37. The molecule has 0 aromatic heterocycles. The minimum atomic E-state index is -2.98. The molecule has 1 atom stereocenters. The van der Waals surface area contributed by atoms with Crippen LogP contribution in [0.4, 0.5) is 13.6 Å². The summed E-state index contributed by atoms with van der Waals surface area (Å²) < 4.78 is 29.0. The molecule has 0 aromatic rings. The van der Waals surface area contributed by atoms with Crippen LogP contribution in [-0.4, -0.2) is 41.8 Å². The zero-order valence-electron chi connectivity index (χ0n) is 17.0. The summed E-state index contributed by atoms with van der Waals surface area (Å²) >= 11 is 0. The molecule has 4 aliphatic rings.